The Kier molecular flexibility index (Phi) is 5.29. The molecule has 2 aromatic heterocycles. The molecule has 0 radical (unpaired) electrons. The number of nitrogens with one attached hydrogen (secondary N) is 1. The van der Waals surface area contributed by atoms with Crippen molar-refractivity contribution in [1.82, 2.24) is 9.55 Å². The third-order valence-corrected chi connectivity index (χ3v) is 4.89. The van der Waals surface area contributed by atoms with Crippen molar-refractivity contribution in [1.29, 1.82) is 5.26 Å². The van der Waals surface area contributed by atoms with E-state index < -0.39 is 11.5 Å². The summed E-state index contributed by atoms with van der Waals surface area (Å²) in [6, 6.07) is 20.8. The van der Waals surface area contributed by atoms with Crippen molar-refractivity contribution in [3.05, 3.63) is 105 Å². The summed E-state index contributed by atoms with van der Waals surface area (Å²) in [5, 5.41) is 13.2. The third kappa shape index (κ3) is 3.79. The number of nitriles is 1. The summed E-state index contributed by atoms with van der Waals surface area (Å²) < 4.78 is 1.46. The lowest BCUT2D eigenvalue weighted by atomic mass is 10.1. The molecule has 1 amide bonds. The minimum absolute atomic E-state index is 0.0304. The first-order chi connectivity index (χ1) is 14.6. The van der Waals surface area contributed by atoms with Crippen LogP contribution >= 0.6 is 11.6 Å². The second-order valence-corrected chi connectivity index (χ2v) is 7.04. The second kappa shape index (κ2) is 8.19. The van der Waals surface area contributed by atoms with Gasteiger partial charge < -0.3 is 5.32 Å². The molecule has 7 heteroatoms. The SMILES string of the molecule is N#Cc1ccccc1NC(=O)c1cc2cccnc2n(Cc2ccc(Cl)cc2)c1=O. The maximum atomic E-state index is 13.2. The molecule has 2 heterocycles. The van der Waals surface area contributed by atoms with Crippen LogP contribution in [-0.2, 0) is 6.54 Å². The fraction of sp³-hybridized carbons (Fsp3) is 0.0435. The highest BCUT2D eigenvalue weighted by Gasteiger charge is 2.17. The number of hydrogen-bond acceptors (Lipinski definition) is 4. The van der Waals surface area contributed by atoms with Gasteiger partial charge in [0.15, 0.2) is 0 Å². The van der Waals surface area contributed by atoms with Gasteiger partial charge in [0.25, 0.3) is 11.5 Å². The van der Waals surface area contributed by atoms with Crippen LogP contribution in [0.3, 0.4) is 0 Å². The highest BCUT2D eigenvalue weighted by atomic mass is 35.5. The van der Waals surface area contributed by atoms with Gasteiger partial charge in [-0.15, -0.1) is 0 Å². The van der Waals surface area contributed by atoms with Gasteiger partial charge in [0.2, 0.25) is 0 Å². The van der Waals surface area contributed by atoms with Gasteiger partial charge in [-0.25, -0.2) is 4.98 Å². The van der Waals surface area contributed by atoms with E-state index in [2.05, 4.69) is 10.3 Å². The summed E-state index contributed by atoms with van der Waals surface area (Å²) in [7, 11) is 0. The van der Waals surface area contributed by atoms with E-state index in [0.29, 0.717) is 27.3 Å². The average Bonchev–Trinajstić information content (AvgIpc) is 2.77. The summed E-state index contributed by atoms with van der Waals surface area (Å²) >= 11 is 5.95. The number of hydrogen-bond donors (Lipinski definition) is 1. The molecule has 2 aromatic carbocycles. The number of carbonyl (C=O) groups excluding carboxylic acids is 1. The third-order valence-electron chi connectivity index (χ3n) is 4.64. The lowest BCUT2D eigenvalue weighted by Gasteiger charge is -2.13. The van der Waals surface area contributed by atoms with Crippen LogP contribution in [0.2, 0.25) is 5.02 Å². The van der Waals surface area contributed by atoms with Crippen molar-refractivity contribution in [3.63, 3.8) is 0 Å². The molecule has 1 N–H and O–H groups in total. The summed E-state index contributed by atoms with van der Waals surface area (Å²) in [6.45, 7) is 0.236. The van der Waals surface area contributed by atoms with Crippen LogP contribution in [0.1, 0.15) is 21.5 Å². The molecule has 4 aromatic rings. The number of nitrogens with zero attached hydrogens (tertiary/aromatic N) is 3. The quantitative estimate of drug-likeness (QED) is 0.541. The van der Waals surface area contributed by atoms with E-state index >= 15 is 0 Å². The summed E-state index contributed by atoms with van der Waals surface area (Å²) in [4.78, 5) is 30.5. The van der Waals surface area contributed by atoms with Gasteiger partial charge >= 0.3 is 0 Å². The molecule has 0 saturated heterocycles. The average molecular weight is 415 g/mol. The molecule has 4 rings (SSSR count). The summed E-state index contributed by atoms with van der Waals surface area (Å²) in [5.41, 5.74) is 1.49. The number of anilines is 1. The number of aromatic nitrogens is 2. The van der Waals surface area contributed by atoms with Crippen molar-refractivity contribution in [2.45, 2.75) is 6.54 Å². The molecule has 0 aliphatic heterocycles. The maximum absolute atomic E-state index is 13.2. The van der Waals surface area contributed by atoms with E-state index in [1.54, 1.807) is 54.7 Å². The minimum Gasteiger partial charge on any atom is -0.321 e. The first kappa shape index (κ1) is 19.4. The molecular weight excluding hydrogens is 400 g/mol. The monoisotopic (exact) mass is 414 g/mol. The van der Waals surface area contributed by atoms with Crippen LogP contribution in [0.4, 0.5) is 5.69 Å². The van der Waals surface area contributed by atoms with Crippen molar-refractivity contribution >= 4 is 34.2 Å². The number of benzene rings is 2. The Labute approximate surface area is 177 Å². The molecule has 6 nitrogen and oxygen atoms in total. The Morgan fingerprint density at radius 3 is 2.63 bits per heavy atom. The van der Waals surface area contributed by atoms with Gasteiger partial charge in [-0.2, -0.15) is 5.26 Å². The van der Waals surface area contributed by atoms with E-state index in [9.17, 15) is 14.9 Å². The zero-order valence-corrected chi connectivity index (χ0v) is 16.4. The van der Waals surface area contributed by atoms with Gasteiger partial charge in [0, 0.05) is 16.6 Å². The molecule has 30 heavy (non-hydrogen) atoms. The van der Waals surface area contributed by atoms with E-state index in [4.69, 9.17) is 11.6 Å². The number of rotatable bonds is 4. The predicted octanol–water partition coefficient (Wildman–Crippen LogP) is 4.22. The van der Waals surface area contributed by atoms with Gasteiger partial charge in [-0.05, 0) is 48.0 Å². The summed E-state index contributed by atoms with van der Waals surface area (Å²) in [6.07, 6.45) is 1.60. The number of halogens is 1. The van der Waals surface area contributed by atoms with Gasteiger partial charge in [-0.1, -0.05) is 35.9 Å². The first-order valence-corrected chi connectivity index (χ1v) is 9.48. The number of carbonyl (C=O) groups is 1. The molecule has 0 unspecified atom stereocenters. The molecule has 0 aliphatic carbocycles. The topological polar surface area (TPSA) is 87.8 Å². The van der Waals surface area contributed by atoms with Crippen molar-refractivity contribution in [3.8, 4) is 6.07 Å². The number of pyridine rings is 2. The van der Waals surface area contributed by atoms with Crippen LogP contribution in [0, 0.1) is 11.3 Å². The van der Waals surface area contributed by atoms with E-state index in [-0.39, 0.29) is 12.1 Å². The molecule has 0 saturated carbocycles. The zero-order valence-electron chi connectivity index (χ0n) is 15.7. The van der Waals surface area contributed by atoms with Crippen LogP contribution < -0.4 is 10.9 Å². The van der Waals surface area contributed by atoms with Crippen LogP contribution in [0.25, 0.3) is 11.0 Å². The Balaban J connectivity index is 1.80. The highest BCUT2D eigenvalue weighted by molar-refractivity contribution is 6.30. The Hall–Kier alpha value is -3.95. The second-order valence-electron chi connectivity index (χ2n) is 6.60. The lowest BCUT2D eigenvalue weighted by molar-refractivity contribution is 0.102. The molecule has 0 aliphatic rings. The van der Waals surface area contributed by atoms with Gasteiger partial charge in [-0.3, -0.25) is 14.2 Å². The zero-order chi connectivity index (χ0) is 21.1. The Bertz CT molecular complexity index is 1350. The smallest absolute Gasteiger partial charge is 0.265 e. The Morgan fingerprint density at radius 1 is 1.10 bits per heavy atom. The van der Waals surface area contributed by atoms with E-state index in [1.165, 1.54) is 10.6 Å². The first-order valence-electron chi connectivity index (χ1n) is 9.10. The molecule has 0 atom stereocenters. The van der Waals surface area contributed by atoms with Crippen molar-refractivity contribution in [2.24, 2.45) is 0 Å². The van der Waals surface area contributed by atoms with E-state index in [1.807, 2.05) is 18.2 Å². The fourth-order valence-electron chi connectivity index (χ4n) is 3.17. The van der Waals surface area contributed by atoms with Crippen LogP contribution in [0.5, 0.6) is 0 Å². The molecule has 0 bridgehead atoms. The van der Waals surface area contributed by atoms with Gasteiger partial charge in [0.05, 0.1) is 17.8 Å². The Morgan fingerprint density at radius 2 is 1.87 bits per heavy atom. The van der Waals surface area contributed by atoms with Crippen molar-refractivity contribution in [2.75, 3.05) is 5.32 Å². The number of para-hydroxylation sites is 1. The largest absolute Gasteiger partial charge is 0.321 e. The molecule has 146 valence electrons. The normalized spacial score (nSPS) is 10.5. The maximum Gasteiger partial charge on any atom is 0.265 e. The standard InChI is InChI=1S/C23H15ClN4O2/c24-18-9-7-15(8-10-18)14-28-21-16(5-3-11-26-21)12-19(23(28)30)22(29)27-20-6-2-1-4-17(20)13-25/h1-12H,14H2,(H,27,29). The van der Waals surface area contributed by atoms with Crippen LogP contribution in [-0.4, -0.2) is 15.5 Å². The number of fused-ring (bicyclic) bond motifs is 1. The molecular formula is C23H15ClN4O2. The minimum atomic E-state index is -0.585. The highest BCUT2D eigenvalue weighted by Crippen LogP contribution is 2.17. The van der Waals surface area contributed by atoms with E-state index in [0.717, 1.165) is 5.56 Å². The molecule has 0 fully saturated rings. The van der Waals surface area contributed by atoms with Crippen LogP contribution in [0.15, 0.2) is 77.7 Å². The number of amides is 1. The lowest BCUT2D eigenvalue weighted by Crippen LogP contribution is -2.30. The fourth-order valence-corrected chi connectivity index (χ4v) is 3.29. The predicted molar refractivity (Wildman–Crippen MR) is 116 cm³/mol. The summed E-state index contributed by atoms with van der Waals surface area (Å²) in [5.74, 6) is -0.585. The molecule has 0 spiro atoms. The van der Waals surface area contributed by atoms with Gasteiger partial charge in [0.1, 0.15) is 17.3 Å². The van der Waals surface area contributed by atoms with Crippen molar-refractivity contribution < 1.29 is 4.79 Å².